The van der Waals surface area contributed by atoms with Gasteiger partial charge in [-0.1, -0.05) is 30.3 Å². The largest absolute Gasteiger partial charge is 0.495 e. The van der Waals surface area contributed by atoms with Gasteiger partial charge in [-0.2, -0.15) is 0 Å². The molecule has 4 aromatic heterocycles. The summed E-state index contributed by atoms with van der Waals surface area (Å²) in [5.74, 6) is 0.709. The Morgan fingerprint density at radius 3 is 1.54 bits per heavy atom. The molecule has 0 unspecified atom stereocenters. The van der Waals surface area contributed by atoms with Crippen LogP contribution in [-0.2, 0) is 19.8 Å². The van der Waals surface area contributed by atoms with Crippen molar-refractivity contribution >= 4 is 21.6 Å². The number of alkyl halides is 2. The lowest BCUT2D eigenvalue weighted by molar-refractivity contribution is 0.412. The van der Waals surface area contributed by atoms with Crippen LogP contribution in [0.1, 0.15) is 70.7 Å². The monoisotopic (exact) mass is 979 g/mol. The van der Waals surface area contributed by atoms with Crippen molar-refractivity contribution in [3.63, 3.8) is 0 Å². The number of benzene rings is 4. The molecule has 0 bridgehead atoms. The Hall–Kier alpha value is -7.20. The highest BCUT2D eigenvalue weighted by molar-refractivity contribution is 9.10. The molecule has 0 fully saturated rings. The molecule has 2 N–H and O–H groups in total. The van der Waals surface area contributed by atoms with E-state index in [-0.39, 0.29) is 34.8 Å². The van der Waals surface area contributed by atoms with E-state index in [0.29, 0.717) is 39.0 Å². The minimum absolute atomic E-state index is 0.211. The smallest absolute Gasteiger partial charge is 0.265 e. The topological polar surface area (TPSA) is 124 Å². The number of nitrogens with two attached hydrogens (primary N) is 1. The first-order valence-electron chi connectivity index (χ1n) is 21.0. The van der Waals surface area contributed by atoms with Crippen molar-refractivity contribution in [1.29, 1.82) is 0 Å². The van der Waals surface area contributed by atoms with Gasteiger partial charge >= 0.3 is 0 Å². The number of pyridine rings is 2. The van der Waals surface area contributed by atoms with Crippen LogP contribution in [0, 0.1) is 25.5 Å². The molecule has 2 atom stereocenters. The third kappa shape index (κ3) is 12.2. The normalized spacial score (nSPS) is 11.7. The van der Waals surface area contributed by atoms with Crippen molar-refractivity contribution < 1.29 is 27.0 Å². The van der Waals surface area contributed by atoms with E-state index in [2.05, 4.69) is 25.9 Å². The quantitative estimate of drug-likeness (QED) is 0.0955. The number of anilines is 1. The molecule has 8 rings (SSSR count). The average molecular weight is 981 g/mol. The molecule has 0 aliphatic carbocycles. The SMILES string of the molecule is COc1cc(Cc2cc(CF)cn([C@@H](C)c3ccc(F)cc3)c2=O)ccc1-n1cnc(C)c1.COc1cc(N)ccc1-n1cnc(C)c1.C[C@@H](c1ccc(F)cc1)n1cc(CF)cc(Br)c1=O. The first-order valence-corrected chi connectivity index (χ1v) is 21.8. The molecule has 67 heavy (non-hydrogen) atoms. The molecule has 11 nitrogen and oxygen atoms in total. The highest BCUT2D eigenvalue weighted by atomic mass is 79.9. The number of methoxy groups -OCH3 is 2. The summed E-state index contributed by atoms with van der Waals surface area (Å²) in [4.78, 5) is 33.7. The second kappa shape index (κ2) is 22.3. The number of ether oxygens (including phenoxy) is 2. The number of nitrogens with zero attached hydrogens (tertiary/aromatic N) is 6. The van der Waals surface area contributed by atoms with Crippen molar-refractivity contribution in [1.82, 2.24) is 28.2 Å². The predicted molar refractivity (Wildman–Crippen MR) is 256 cm³/mol. The Bertz CT molecular complexity index is 3060. The maximum absolute atomic E-state index is 13.6. The Morgan fingerprint density at radius 1 is 0.612 bits per heavy atom. The van der Waals surface area contributed by atoms with Crippen LogP contribution in [0.4, 0.5) is 23.2 Å². The second-order valence-corrected chi connectivity index (χ2v) is 16.5. The highest BCUT2D eigenvalue weighted by Gasteiger charge is 2.17. The fraction of sp³-hybridized carbons (Fsp3) is 0.216. The van der Waals surface area contributed by atoms with Crippen LogP contribution in [0.3, 0.4) is 0 Å². The van der Waals surface area contributed by atoms with Crippen LogP contribution < -0.4 is 26.3 Å². The van der Waals surface area contributed by atoms with Crippen molar-refractivity contribution in [2.75, 3.05) is 20.0 Å². The summed E-state index contributed by atoms with van der Waals surface area (Å²) in [7, 11) is 3.22. The lowest BCUT2D eigenvalue weighted by Crippen LogP contribution is -2.27. The summed E-state index contributed by atoms with van der Waals surface area (Å²) in [6, 6.07) is 25.5. The zero-order valence-corrected chi connectivity index (χ0v) is 39.3. The molecule has 8 aromatic rings. The second-order valence-electron chi connectivity index (χ2n) is 15.7. The van der Waals surface area contributed by atoms with E-state index in [9.17, 15) is 27.2 Å². The van der Waals surface area contributed by atoms with Gasteiger partial charge in [0.1, 0.15) is 36.5 Å². The van der Waals surface area contributed by atoms with Crippen LogP contribution in [0.2, 0.25) is 0 Å². The molecule has 348 valence electrons. The van der Waals surface area contributed by atoms with Gasteiger partial charge in [-0.25, -0.2) is 27.5 Å². The van der Waals surface area contributed by atoms with Crippen molar-refractivity contribution in [3.8, 4) is 22.9 Å². The maximum Gasteiger partial charge on any atom is 0.265 e. The molecule has 0 spiro atoms. The number of imidazole rings is 2. The standard InChI is InChI=1S/C26H25F2N3O2.C14H12BrF2NO.C11H13N3O/c1-17-14-30(16-29-17)24-9-4-19(12-25(24)33-3)10-22-11-20(13-27)15-31(26(22)32)18(2)21-5-7-23(28)8-6-21;1-9(11-2-4-12(17)5-3-11)18-8-10(7-16)6-13(15)14(18)19;1-8-6-14(7-13-8)10-4-3-9(12)5-11(10)15-2/h4-9,11-12,14-16,18H,10,13H2,1-3H3;2-6,8-9H,7H2,1H3;3-7H,12H2,1-2H3/t18-;9-;/m00./s1. The molecule has 0 radical (unpaired) electrons. The Morgan fingerprint density at radius 2 is 1.07 bits per heavy atom. The molecule has 4 heterocycles. The van der Waals surface area contributed by atoms with Gasteiger partial charge < -0.3 is 33.5 Å². The number of nitrogen functional groups attached to an aromatic ring is 1. The summed E-state index contributed by atoms with van der Waals surface area (Å²) in [5, 5.41) is 0. The summed E-state index contributed by atoms with van der Waals surface area (Å²) >= 11 is 3.13. The lowest BCUT2D eigenvalue weighted by atomic mass is 10.0. The maximum atomic E-state index is 13.6. The number of rotatable bonds is 12. The van der Waals surface area contributed by atoms with Crippen molar-refractivity contribution in [2.45, 2.75) is 59.5 Å². The van der Waals surface area contributed by atoms with E-state index in [4.69, 9.17) is 15.2 Å². The predicted octanol–water partition coefficient (Wildman–Crippen LogP) is 10.8. The van der Waals surface area contributed by atoms with Crippen LogP contribution in [0.5, 0.6) is 11.5 Å². The molecule has 0 saturated heterocycles. The van der Waals surface area contributed by atoms with E-state index in [1.54, 1.807) is 63.3 Å². The minimum Gasteiger partial charge on any atom is -0.495 e. The Kier molecular flexibility index (Phi) is 16.4. The molecular weight excluding hydrogens is 931 g/mol. The molecule has 0 amide bonds. The average Bonchev–Trinajstić information content (AvgIpc) is 3.98. The molecule has 4 aromatic carbocycles. The molecule has 16 heteroatoms. The number of hydrogen-bond acceptors (Lipinski definition) is 7. The van der Waals surface area contributed by atoms with Gasteiger partial charge in [-0.05, 0) is 127 Å². The highest BCUT2D eigenvalue weighted by Crippen LogP contribution is 2.28. The lowest BCUT2D eigenvalue weighted by Gasteiger charge is -2.18. The van der Waals surface area contributed by atoms with Gasteiger partial charge in [0, 0.05) is 54.1 Å². The third-order valence-electron chi connectivity index (χ3n) is 10.9. The molecular formula is C51H50BrF4N7O4. The van der Waals surface area contributed by atoms with E-state index < -0.39 is 13.3 Å². The first-order chi connectivity index (χ1) is 32.1. The fourth-order valence-electron chi connectivity index (χ4n) is 7.28. The Balaban J connectivity index is 0.000000183. The third-order valence-corrected chi connectivity index (χ3v) is 11.5. The zero-order chi connectivity index (χ0) is 48.4. The van der Waals surface area contributed by atoms with Crippen molar-refractivity contribution in [2.24, 2.45) is 0 Å². The van der Waals surface area contributed by atoms with Gasteiger partial charge in [0.15, 0.2) is 0 Å². The fourth-order valence-corrected chi connectivity index (χ4v) is 7.78. The van der Waals surface area contributed by atoms with Crippen LogP contribution in [0.15, 0.2) is 149 Å². The van der Waals surface area contributed by atoms with Crippen LogP contribution >= 0.6 is 15.9 Å². The van der Waals surface area contributed by atoms with Gasteiger partial charge in [-0.3, -0.25) is 9.59 Å². The first kappa shape index (κ1) is 49.2. The van der Waals surface area contributed by atoms with Gasteiger partial charge in [0.2, 0.25) is 0 Å². The summed E-state index contributed by atoms with van der Waals surface area (Å²) in [5.41, 5.74) is 13.3. The van der Waals surface area contributed by atoms with Gasteiger partial charge in [0.25, 0.3) is 11.1 Å². The van der Waals surface area contributed by atoms with E-state index >= 15 is 0 Å². The summed E-state index contributed by atoms with van der Waals surface area (Å²) < 4.78 is 70.5. The minimum atomic E-state index is -0.689. The summed E-state index contributed by atoms with van der Waals surface area (Å²) in [6.07, 6.45) is 10.6. The van der Waals surface area contributed by atoms with E-state index in [1.165, 1.54) is 51.9 Å². The molecule has 0 aliphatic rings. The van der Waals surface area contributed by atoms with Crippen LogP contribution in [0.25, 0.3) is 11.4 Å². The van der Waals surface area contributed by atoms with Crippen molar-refractivity contribution in [3.05, 3.63) is 216 Å². The van der Waals surface area contributed by atoms with Gasteiger partial charge in [-0.15, -0.1) is 0 Å². The number of aromatic nitrogens is 6. The van der Waals surface area contributed by atoms with Crippen LogP contribution in [-0.4, -0.2) is 42.5 Å². The number of halogens is 5. The number of aryl methyl sites for hydroxylation is 2. The van der Waals surface area contributed by atoms with E-state index in [1.807, 2.05) is 79.6 Å². The van der Waals surface area contributed by atoms with E-state index in [0.717, 1.165) is 45.2 Å². The summed E-state index contributed by atoms with van der Waals surface area (Å²) in [6.45, 7) is 6.17. The Labute approximate surface area is 393 Å². The number of hydrogen-bond donors (Lipinski definition) is 1. The van der Waals surface area contributed by atoms with Gasteiger partial charge in [0.05, 0.1) is 66.2 Å². The molecule has 0 saturated carbocycles. The molecule has 0 aliphatic heterocycles. The zero-order valence-electron chi connectivity index (χ0n) is 37.8.